The first-order valence-electron chi connectivity index (χ1n) is 3.57. The number of nitrogens with two attached hydrogens (primary N) is 2. The minimum atomic E-state index is -0.749. The van der Waals surface area contributed by atoms with Gasteiger partial charge in [0, 0.05) is 12.5 Å². The number of hydrogen-bond donors (Lipinski definition) is 2. The molecule has 0 aromatic rings. The molecule has 0 saturated carbocycles. The molecule has 4 N–H and O–H groups in total. The molecule has 0 radical (unpaired) electrons. The predicted octanol–water partition coefficient (Wildman–Crippen LogP) is 0.128. The minimum absolute atomic E-state index is 0.104. The Morgan fingerprint density at radius 1 is 1.45 bits per heavy atom. The lowest BCUT2D eigenvalue weighted by atomic mass is 10.00. The van der Waals surface area contributed by atoms with Gasteiger partial charge in [-0.3, -0.25) is 0 Å². The first-order valence-corrected chi connectivity index (χ1v) is 3.57. The predicted molar refractivity (Wildman–Crippen MR) is 40.8 cm³/mol. The van der Waals surface area contributed by atoms with Gasteiger partial charge < -0.3 is 16.2 Å². The van der Waals surface area contributed by atoms with Crippen LogP contribution in [0.2, 0.25) is 0 Å². The summed E-state index contributed by atoms with van der Waals surface area (Å²) >= 11 is 0. The molecule has 0 bridgehead atoms. The van der Waals surface area contributed by atoms with E-state index >= 15 is 0 Å². The van der Waals surface area contributed by atoms with Gasteiger partial charge in [-0.1, -0.05) is 12.2 Å². The average molecular weight is 156 g/mol. The summed E-state index contributed by atoms with van der Waals surface area (Å²) in [5.41, 5.74) is 10.5. The van der Waals surface area contributed by atoms with Crippen LogP contribution in [0.4, 0.5) is 4.79 Å². The van der Waals surface area contributed by atoms with Crippen LogP contribution in [-0.2, 0) is 4.74 Å². The van der Waals surface area contributed by atoms with E-state index in [4.69, 9.17) is 16.2 Å². The van der Waals surface area contributed by atoms with Crippen molar-refractivity contribution in [1.29, 1.82) is 0 Å². The van der Waals surface area contributed by atoms with Crippen molar-refractivity contribution in [3.8, 4) is 0 Å². The molecule has 4 heteroatoms. The fourth-order valence-corrected chi connectivity index (χ4v) is 1.09. The minimum Gasteiger partial charge on any atom is -0.444 e. The molecule has 4 nitrogen and oxygen atoms in total. The zero-order valence-electron chi connectivity index (χ0n) is 6.19. The number of ether oxygens (including phenoxy) is 1. The average Bonchev–Trinajstić information content (AvgIpc) is 1.93. The van der Waals surface area contributed by atoms with Crippen LogP contribution in [0, 0.1) is 0 Å². The van der Waals surface area contributed by atoms with E-state index in [1.165, 1.54) is 0 Å². The van der Waals surface area contributed by atoms with Gasteiger partial charge in [-0.05, 0) is 6.42 Å². The van der Waals surface area contributed by atoms with E-state index in [0.29, 0.717) is 6.42 Å². The van der Waals surface area contributed by atoms with Crippen molar-refractivity contribution in [3.63, 3.8) is 0 Å². The van der Waals surface area contributed by atoms with Gasteiger partial charge in [0.2, 0.25) is 0 Å². The Bertz CT molecular complexity index is 179. The summed E-state index contributed by atoms with van der Waals surface area (Å²) in [6.07, 6.45) is 4.35. The zero-order chi connectivity index (χ0) is 8.27. The smallest absolute Gasteiger partial charge is 0.404 e. The number of hydrogen-bond acceptors (Lipinski definition) is 3. The Balaban J connectivity index is 2.44. The standard InChI is InChI=1S/C7H12N2O2/c8-5-3-1-2-4-6(5)11-7(9)10/h1-2,5-6H,3-4,8H2,(H2,9,10)/t5-,6-/m1/s1. The second kappa shape index (κ2) is 3.39. The quantitative estimate of drug-likeness (QED) is 0.529. The van der Waals surface area contributed by atoms with Crippen LogP contribution in [0.25, 0.3) is 0 Å². The van der Waals surface area contributed by atoms with Gasteiger partial charge >= 0.3 is 6.09 Å². The number of carbonyl (C=O) groups is 1. The fourth-order valence-electron chi connectivity index (χ4n) is 1.09. The lowest BCUT2D eigenvalue weighted by Crippen LogP contribution is -2.40. The van der Waals surface area contributed by atoms with E-state index in [0.717, 1.165) is 6.42 Å². The van der Waals surface area contributed by atoms with E-state index in [-0.39, 0.29) is 12.1 Å². The summed E-state index contributed by atoms with van der Waals surface area (Å²) in [5.74, 6) is 0. The number of primary amides is 1. The van der Waals surface area contributed by atoms with Gasteiger partial charge in [-0.25, -0.2) is 4.79 Å². The van der Waals surface area contributed by atoms with Crippen LogP contribution in [0.5, 0.6) is 0 Å². The van der Waals surface area contributed by atoms with Gasteiger partial charge in [-0.15, -0.1) is 0 Å². The molecule has 0 fully saturated rings. The number of carbonyl (C=O) groups excluding carboxylic acids is 1. The second-order valence-corrected chi connectivity index (χ2v) is 2.58. The van der Waals surface area contributed by atoms with E-state index < -0.39 is 6.09 Å². The SMILES string of the molecule is NC(=O)O[C@@H]1CC=CC[C@H]1N. The Morgan fingerprint density at radius 3 is 2.64 bits per heavy atom. The maximum absolute atomic E-state index is 10.3. The molecule has 1 aliphatic rings. The molecule has 0 aromatic heterocycles. The van der Waals surface area contributed by atoms with E-state index in [2.05, 4.69) is 0 Å². The van der Waals surface area contributed by atoms with Gasteiger partial charge in [0.25, 0.3) is 0 Å². The zero-order valence-corrected chi connectivity index (χ0v) is 6.19. The topological polar surface area (TPSA) is 78.3 Å². The highest BCUT2D eigenvalue weighted by atomic mass is 16.6. The Morgan fingerprint density at radius 2 is 2.09 bits per heavy atom. The molecule has 11 heavy (non-hydrogen) atoms. The number of amides is 1. The van der Waals surface area contributed by atoms with Gasteiger partial charge in [-0.2, -0.15) is 0 Å². The third-order valence-corrected chi connectivity index (χ3v) is 1.69. The van der Waals surface area contributed by atoms with Crippen molar-refractivity contribution in [3.05, 3.63) is 12.2 Å². The molecule has 0 unspecified atom stereocenters. The molecule has 62 valence electrons. The molecular formula is C7H12N2O2. The molecular weight excluding hydrogens is 144 g/mol. The third kappa shape index (κ3) is 2.23. The first kappa shape index (κ1) is 8.07. The Kier molecular flexibility index (Phi) is 2.48. The molecule has 0 heterocycles. The summed E-state index contributed by atoms with van der Waals surface area (Å²) in [6, 6.07) is -0.104. The summed E-state index contributed by atoms with van der Waals surface area (Å²) in [7, 11) is 0. The fraction of sp³-hybridized carbons (Fsp3) is 0.571. The Hall–Kier alpha value is -1.03. The van der Waals surface area contributed by atoms with Crippen molar-refractivity contribution in [1.82, 2.24) is 0 Å². The molecule has 2 atom stereocenters. The number of rotatable bonds is 1. The van der Waals surface area contributed by atoms with Crippen LogP contribution in [0.3, 0.4) is 0 Å². The highest BCUT2D eigenvalue weighted by Crippen LogP contribution is 2.12. The second-order valence-electron chi connectivity index (χ2n) is 2.58. The van der Waals surface area contributed by atoms with E-state index in [1.54, 1.807) is 0 Å². The first-order chi connectivity index (χ1) is 5.20. The summed E-state index contributed by atoms with van der Waals surface area (Å²) in [5, 5.41) is 0. The van der Waals surface area contributed by atoms with Gasteiger partial charge in [0.1, 0.15) is 6.10 Å². The van der Waals surface area contributed by atoms with Gasteiger partial charge in [0.05, 0.1) is 0 Å². The monoisotopic (exact) mass is 156 g/mol. The molecule has 1 aliphatic carbocycles. The Labute approximate surface area is 65.2 Å². The van der Waals surface area contributed by atoms with Crippen LogP contribution >= 0.6 is 0 Å². The molecule has 1 amide bonds. The molecule has 1 rings (SSSR count). The van der Waals surface area contributed by atoms with Crippen molar-refractivity contribution in [2.45, 2.75) is 25.0 Å². The van der Waals surface area contributed by atoms with Crippen LogP contribution < -0.4 is 11.5 Å². The molecule has 0 spiro atoms. The lowest BCUT2D eigenvalue weighted by molar-refractivity contribution is 0.0897. The summed E-state index contributed by atoms with van der Waals surface area (Å²) < 4.78 is 4.77. The summed E-state index contributed by atoms with van der Waals surface area (Å²) in [4.78, 5) is 10.3. The highest BCUT2D eigenvalue weighted by molar-refractivity contribution is 5.64. The maximum Gasteiger partial charge on any atom is 0.404 e. The summed E-state index contributed by atoms with van der Waals surface area (Å²) in [6.45, 7) is 0. The van der Waals surface area contributed by atoms with Crippen LogP contribution in [0.15, 0.2) is 12.2 Å². The molecule has 0 aromatic carbocycles. The third-order valence-electron chi connectivity index (χ3n) is 1.69. The van der Waals surface area contributed by atoms with Crippen molar-refractivity contribution >= 4 is 6.09 Å². The van der Waals surface area contributed by atoms with E-state index in [9.17, 15) is 4.79 Å². The molecule has 0 saturated heterocycles. The van der Waals surface area contributed by atoms with Crippen molar-refractivity contribution < 1.29 is 9.53 Å². The maximum atomic E-state index is 10.3. The van der Waals surface area contributed by atoms with Crippen molar-refractivity contribution in [2.75, 3.05) is 0 Å². The normalized spacial score (nSPS) is 29.9. The lowest BCUT2D eigenvalue weighted by Gasteiger charge is -2.23. The largest absolute Gasteiger partial charge is 0.444 e. The van der Waals surface area contributed by atoms with E-state index in [1.807, 2.05) is 12.2 Å². The van der Waals surface area contributed by atoms with Gasteiger partial charge in [0.15, 0.2) is 0 Å². The van der Waals surface area contributed by atoms with Crippen molar-refractivity contribution in [2.24, 2.45) is 11.5 Å². The van der Waals surface area contributed by atoms with Crippen LogP contribution in [-0.4, -0.2) is 18.2 Å². The highest BCUT2D eigenvalue weighted by Gasteiger charge is 2.21. The molecule has 0 aliphatic heterocycles. The van der Waals surface area contributed by atoms with Crippen LogP contribution in [0.1, 0.15) is 12.8 Å².